The minimum atomic E-state index is -3.91. The molecule has 0 aliphatic carbocycles. The lowest BCUT2D eigenvalue weighted by Crippen LogP contribution is -2.27. The molecule has 1 N–H and O–H groups in total. The fourth-order valence-corrected chi connectivity index (χ4v) is 4.18. The summed E-state index contributed by atoms with van der Waals surface area (Å²) in [6, 6.07) is 0. The second kappa shape index (κ2) is 6.61. The van der Waals surface area contributed by atoms with Gasteiger partial charge in [0.25, 0.3) is 10.0 Å². The summed E-state index contributed by atoms with van der Waals surface area (Å²) in [5.41, 5.74) is 0.935. The molecule has 0 aliphatic heterocycles. The van der Waals surface area contributed by atoms with Crippen molar-refractivity contribution >= 4 is 37.2 Å². The Bertz CT molecular complexity index is 676. The van der Waals surface area contributed by atoms with E-state index in [0.29, 0.717) is 0 Å². The molecular weight excluding hydrogens is 328 g/mol. The number of carbonyl (C=O) groups is 1. The van der Waals surface area contributed by atoms with Crippen LogP contribution in [0.1, 0.15) is 16.9 Å². The second-order valence-electron chi connectivity index (χ2n) is 3.86. The largest absolute Gasteiger partial charge is 0.464 e. The van der Waals surface area contributed by atoms with Gasteiger partial charge in [0.2, 0.25) is 0 Å². The van der Waals surface area contributed by atoms with E-state index in [2.05, 4.69) is 14.4 Å². The van der Waals surface area contributed by atoms with Gasteiger partial charge in [-0.3, -0.25) is 0 Å². The third-order valence-corrected chi connectivity index (χ3v) is 6.00. The Kier molecular flexibility index (Phi) is 5.62. The SMILES string of the molecule is COC(=O)c1ncsc1S(=O)(=O)NCCCS(C)(=O)=O. The van der Waals surface area contributed by atoms with E-state index >= 15 is 0 Å². The van der Waals surface area contributed by atoms with E-state index < -0.39 is 25.8 Å². The first-order valence-corrected chi connectivity index (χ1v) is 9.79. The summed E-state index contributed by atoms with van der Waals surface area (Å²) in [4.78, 5) is 15.0. The maximum atomic E-state index is 12.0. The highest BCUT2D eigenvalue weighted by molar-refractivity contribution is 7.91. The lowest BCUT2D eigenvalue weighted by molar-refractivity contribution is 0.0590. The molecule has 0 saturated heterocycles. The van der Waals surface area contributed by atoms with E-state index in [1.54, 1.807) is 0 Å². The molecule has 20 heavy (non-hydrogen) atoms. The number of esters is 1. The Morgan fingerprint density at radius 1 is 1.40 bits per heavy atom. The fraction of sp³-hybridized carbons (Fsp3) is 0.556. The number of ether oxygens (including phenoxy) is 1. The van der Waals surface area contributed by atoms with Crippen molar-refractivity contribution < 1.29 is 26.4 Å². The second-order valence-corrected chi connectivity index (χ2v) is 8.94. The minimum absolute atomic E-state index is 0.0477. The standard InChI is InChI=1S/C9H14N2O6S3/c1-17-8(12)7-9(18-6-10-7)20(15,16)11-4-3-5-19(2,13)14/h6,11H,3-5H2,1-2H3. The van der Waals surface area contributed by atoms with Crippen molar-refractivity contribution in [3.05, 3.63) is 11.2 Å². The van der Waals surface area contributed by atoms with Crippen LogP contribution in [0.3, 0.4) is 0 Å². The van der Waals surface area contributed by atoms with Gasteiger partial charge in [0.1, 0.15) is 9.84 Å². The number of aromatic nitrogens is 1. The van der Waals surface area contributed by atoms with Crippen LogP contribution in [0.15, 0.2) is 9.72 Å². The maximum Gasteiger partial charge on any atom is 0.358 e. The highest BCUT2D eigenvalue weighted by atomic mass is 32.2. The molecular formula is C9H14N2O6S3. The van der Waals surface area contributed by atoms with Crippen LogP contribution in [0, 0.1) is 0 Å². The third kappa shape index (κ3) is 4.81. The Hall–Kier alpha value is -1.04. The van der Waals surface area contributed by atoms with E-state index in [9.17, 15) is 21.6 Å². The lowest BCUT2D eigenvalue weighted by atomic mass is 10.5. The van der Waals surface area contributed by atoms with Crippen molar-refractivity contribution in [3.8, 4) is 0 Å². The molecule has 0 atom stereocenters. The van der Waals surface area contributed by atoms with E-state index in [-0.39, 0.29) is 28.6 Å². The van der Waals surface area contributed by atoms with Gasteiger partial charge in [0.15, 0.2) is 9.90 Å². The summed E-state index contributed by atoms with van der Waals surface area (Å²) in [5, 5.41) is 0. The molecule has 8 nitrogen and oxygen atoms in total. The molecule has 0 spiro atoms. The number of sulfone groups is 1. The van der Waals surface area contributed by atoms with E-state index in [4.69, 9.17) is 0 Å². The molecule has 114 valence electrons. The van der Waals surface area contributed by atoms with Crippen LogP contribution >= 0.6 is 11.3 Å². The number of thiazole rings is 1. The van der Waals surface area contributed by atoms with Gasteiger partial charge in [-0.05, 0) is 6.42 Å². The van der Waals surface area contributed by atoms with Crippen molar-refractivity contribution in [2.45, 2.75) is 10.6 Å². The highest BCUT2D eigenvalue weighted by Gasteiger charge is 2.26. The van der Waals surface area contributed by atoms with Crippen molar-refractivity contribution in [2.24, 2.45) is 0 Å². The first-order valence-electron chi connectivity index (χ1n) is 5.36. The van der Waals surface area contributed by atoms with Gasteiger partial charge in [-0.25, -0.2) is 31.3 Å². The number of nitrogens with one attached hydrogen (secondary N) is 1. The van der Waals surface area contributed by atoms with Crippen LogP contribution in [0.25, 0.3) is 0 Å². The molecule has 1 heterocycles. The normalized spacial score (nSPS) is 12.3. The number of carbonyl (C=O) groups excluding carboxylic acids is 1. The first kappa shape index (κ1) is 17.0. The number of hydrogen-bond acceptors (Lipinski definition) is 8. The molecule has 0 saturated carbocycles. The molecule has 1 rings (SSSR count). The van der Waals surface area contributed by atoms with Crippen LogP contribution < -0.4 is 4.72 Å². The van der Waals surface area contributed by atoms with Gasteiger partial charge in [-0.15, -0.1) is 11.3 Å². The molecule has 0 bridgehead atoms. The molecule has 0 fully saturated rings. The number of sulfonamides is 1. The molecule has 0 unspecified atom stereocenters. The Morgan fingerprint density at radius 3 is 2.60 bits per heavy atom. The molecule has 0 aromatic carbocycles. The van der Waals surface area contributed by atoms with Crippen LogP contribution in [-0.4, -0.2) is 53.5 Å². The van der Waals surface area contributed by atoms with Gasteiger partial charge in [-0.1, -0.05) is 0 Å². The maximum absolute atomic E-state index is 12.0. The topological polar surface area (TPSA) is 120 Å². The zero-order valence-electron chi connectivity index (χ0n) is 10.8. The van der Waals surface area contributed by atoms with E-state index in [0.717, 1.165) is 24.7 Å². The summed E-state index contributed by atoms with van der Waals surface area (Å²) in [6.45, 7) is -0.0477. The number of rotatable bonds is 7. The predicted octanol–water partition coefficient (Wildman–Crippen LogP) is -0.357. The minimum Gasteiger partial charge on any atom is -0.464 e. The monoisotopic (exact) mass is 342 g/mol. The first-order chi connectivity index (χ1) is 9.17. The summed E-state index contributed by atoms with van der Waals surface area (Å²) < 4.78 is 52.2. The van der Waals surface area contributed by atoms with Crippen molar-refractivity contribution in [2.75, 3.05) is 25.7 Å². The van der Waals surface area contributed by atoms with Crippen LogP contribution in [0.4, 0.5) is 0 Å². The summed E-state index contributed by atoms with van der Waals surface area (Å²) in [7, 11) is -5.93. The molecule has 1 aromatic rings. The molecule has 11 heteroatoms. The number of hydrogen-bond donors (Lipinski definition) is 1. The highest BCUT2D eigenvalue weighted by Crippen LogP contribution is 2.20. The Morgan fingerprint density at radius 2 is 2.05 bits per heavy atom. The molecule has 1 aromatic heterocycles. The number of nitrogens with zero attached hydrogens (tertiary/aromatic N) is 1. The fourth-order valence-electron chi connectivity index (χ4n) is 1.27. The van der Waals surface area contributed by atoms with Crippen molar-refractivity contribution in [3.63, 3.8) is 0 Å². The molecule has 0 radical (unpaired) electrons. The average Bonchev–Trinajstić information content (AvgIpc) is 2.82. The van der Waals surface area contributed by atoms with E-state index in [1.807, 2.05) is 0 Å². The van der Waals surface area contributed by atoms with Crippen LogP contribution in [0.5, 0.6) is 0 Å². The number of methoxy groups -OCH3 is 1. The Balaban J connectivity index is 2.75. The average molecular weight is 342 g/mol. The van der Waals surface area contributed by atoms with Crippen LogP contribution in [-0.2, 0) is 24.6 Å². The van der Waals surface area contributed by atoms with Gasteiger partial charge in [0, 0.05) is 12.8 Å². The zero-order chi connectivity index (χ0) is 15.4. The van der Waals surface area contributed by atoms with Gasteiger partial charge < -0.3 is 4.74 Å². The smallest absolute Gasteiger partial charge is 0.358 e. The predicted molar refractivity (Wildman–Crippen MR) is 73.0 cm³/mol. The summed E-state index contributed by atoms with van der Waals surface area (Å²) in [6.07, 6.45) is 1.21. The zero-order valence-corrected chi connectivity index (χ0v) is 13.3. The molecule has 0 aliphatic rings. The van der Waals surface area contributed by atoms with Crippen LogP contribution in [0.2, 0.25) is 0 Å². The summed E-state index contributed by atoms with van der Waals surface area (Å²) >= 11 is 0.783. The van der Waals surface area contributed by atoms with Crippen molar-refractivity contribution in [1.29, 1.82) is 0 Å². The molecule has 0 amide bonds. The lowest BCUT2D eigenvalue weighted by Gasteiger charge is -2.05. The van der Waals surface area contributed by atoms with Gasteiger partial charge >= 0.3 is 5.97 Å². The summed E-state index contributed by atoms with van der Waals surface area (Å²) in [5.74, 6) is -0.968. The third-order valence-electron chi connectivity index (χ3n) is 2.14. The van der Waals surface area contributed by atoms with E-state index in [1.165, 1.54) is 5.51 Å². The van der Waals surface area contributed by atoms with Gasteiger partial charge in [-0.2, -0.15) is 0 Å². The van der Waals surface area contributed by atoms with Crippen molar-refractivity contribution in [1.82, 2.24) is 9.71 Å². The Labute approximate surface area is 121 Å². The quantitative estimate of drug-likeness (QED) is 0.531. The van der Waals surface area contributed by atoms with Gasteiger partial charge in [0.05, 0.1) is 18.4 Å².